The molecule has 184 valence electrons. The number of alkyl halides is 3. The molecule has 1 N–H and O–H groups in total. The number of benzene rings is 1. The third kappa shape index (κ3) is 6.77. The quantitative estimate of drug-likeness (QED) is 0.682. The molecular weight excluding hydrogens is 453 g/mol. The number of hydrogen-bond donors (Lipinski definition) is 1. The summed E-state index contributed by atoms with van der Waals surface area (Å²) in [7, 11) is 0. The number of likely N-dealkylation sites (tertiary alicyclic amines) is 1. The van der Waals surface area contributed by atoms with Gasteiger partial charge in [0.2, 0.25) is 5.91 Å². The van der Waals surface area contributed by atoms with Crippen molar-refractivity contribution < 1.29 is 37.3 Å². The Hall–Kier alpha value is -2.98. The number of aromatic nitrogens is 1. The number of nitrogens with zero attached hydrogens (tertiary/aromatic N) is 2. The second-order valence-corrected chi connectivity index (χ2v) is 8.49. The van der Waals surface area contributed by atoms with Gasteiger partial charge in [0, 0.05) is 24.9 Å². The number of carbonyl (C=O) groups excluding carboxylic acids is 1. The highest BCUT2D eigenvalue weighted by Gasteiger charge is 2.54. The Morgan fingerprint density at radius 3 is 2.47 bits per heavy atom. The molecule has 0 aliphatic carbocycles. The van der Waals surface area contributed by atoms with Crippen LogP contribution in [0.5, 0.6) is 0 Å². The Morgan fingerprint density at radius 1 is 1.21 bits per heavy atom. The van der Waals surface area contributed by atoms with Crippen molar-refractivity contribution in [2.75, 3.05) is 26.3 Å². The smallest absolute Gasteiger partial charge is 0.475 e. The van der Waals surface area contributed by atoms with Crippen LogP contribution in [0.25, 0.3) is 0 Å². The molecule has 3 heterocycles. The number of halogens is 3. The third-order valence-corrected chi connectivity index (χ3v) is 5.90. The number of carboxylic acid groups (broad SMARTS) is 1. The number of rotatable bonds is 6. The molecule has 0 saturated carbocycles. The summed E-state index contributed by atoms with van der Waals surface area (Å²) >= 11 is 0. The Kier molecular flexibility index (Phi) is 8.27. The summed E-state index contributed by atoms with van der Waals surface area (Å²) in [5.41, 5.74) is 3.14. The van der Waals surface area contributed by atoms with E-state index >= 15 is 0 Å². The SMILES string of the molecule is Cc1ccc(CC(=O)N2CC3(C2)OCCC3COCc2cccnc2)cc1.O=C(O)C(F)(F)F. The van der Waals surface area contributed by atoms with E-state index in [0.29, 0.717) is 38.6 Å². The van der Waals surface area contributed by atoms with E-state index in [-0.39, 0.29) is 11.5 Å². The Bertz CT molecular complexity index is 961. The van der Waals surface area contributed by atoms with Crippen molar-refractivity contribution in [3.8, 4) is 0 Å². The highest BCUT2D eigenvalue weighted by Crippen LogP contribution is 2.40. The standard InChI is InChI=1S/C22H26N2O3.C2HF3O2/c1-17-4-6-18(7-5-17)11-21(25)24-15-22(16-24)20(8-10-27-22)14-26-13-19-3-2-9-23-12-19;3-2(4,5)1(6)7/h2-7,9,12,20H,8,10-11,13-16H2,1H3;(H,6,7). The first kappa shape index (κ1) is 25.6. The monoisotopic (exact) mass is 480 g/mol. The maximum Gasteiger partial charge on any atom is 0.490 e. The van der Waals surface area contributed by atoms with Crippen LogP contribution in [0, 0.1) is 12.8 Å². The van der Waals surface area contributed by atoms with E-state index in [4.69, 9.17) is 19.4 Å². The van der Waals surface area contributed by atoms with Gasteiger partial charge in [0.05, 0.1) is 32.7 Å². The molecule has 0 radical (unpaired) electrons. The first-order valence-electron chi connectivity index (χ1n) is 10.8. The largest absolute Gasteiger partial charge is 0.490 e. The van der Waals surface area contributed by atoms with E-state index in [1.165, 1.54) is 5.56 Å². The lowest BCUT2D eigenvalue weighted by molar-refractivity contribution is -0.192. The highest BCUT2D eigenvalue weighted by atomic mass is 19.4. The van der Waals surface area contributed by atoms with Gasteiger partial charge in [-0.3, -0.25) is 9.78 Å². The van der Waals surface area contributed by atoms with Gasteiger partial charge in [0.1, 0.15) is 5.60 Å². The summed E-state index contributed by atoms with van der Waals surface area (Å²) in [6.45, 7) is 5.39. The Morgan fingerprint density at radius 2 is 1.88 bits per heavy atom. The lowest BCUT2D eigenvalue weighted by Crippen LogP contribution is -2.66. The molecule has 1 unspecified atom stereocenters. The van der Waals surface area contributed by atoms with Gasteiger partial charge in [-0.05, 0) is 30.5 Å². The second-order valence-electron chi connectivity index (χ2n) is 8.49. The number of hydrogen-bond acceptors (Lipinski definition) is 5. The van der Waals surface area contributed by atoms with E-state index in [0.717, 1.165) is 24.2 Å². The summed E-state index contributed by atoms with van der Waals surface area (Å²) in [5.74, 6) is -2.24. The number of carbonyl (C=O) groups is 2. The Labute approximate surface area is 195 Å². The summed E-state index contributed by atoms with van der Waals surface area (Å²) in [4.78, 5) is 27.5. The van der Waals surface area contributed by atoms with Crippen LogP contribution in [-0.2, 0) is 32.1 Å². The van der Waals surface area contributed by atoms with Gasteiger partial charge in [-0.2, -0.15) is 13.2 Å². The molecule has 2 aliphatic heterocycles. The molecule has 2 fully saturated rings. The van der Waals surface area contributed by atoms with E-state index in [1.54, 1.807) is 6.20 Å². The van der Waals surface area contributed by atoms with Crippen molar-refractivity contribution in [3.63, 3.8) is 0 Å². The van der Waals surface area contributed by atoms with Crippen LogP contribution in [0.4, 0.5) is 13.2 Å². The number of carboxylic acids is 1. The zero-order chi connectivity index (χ0) is 24.8. The van der Waals surface area contributed by atoms with Crippen LogP contribution in [0.3, 0.4) is 0 Å². The summed E-state index contributed by atoms with van der Waals surface area (Å²) in [6, 6.07) is 12.1. The predicted octanol–water partition coefficient (Wildman–Crippen LogP) is 3.40. The molecule has 2 aromatic rings. The van der Waals surface area contributed by atoms with E-state index in [9.17, 15) is 18.0 Å². The number of aryl methyl sites for hydroxylation is 1. The summed E-state index contributed by atoms with van der Waals surface area (Å²) in [5, 5.41) is 7.12. The van der Waals surface area contributed by atoms with E-state index in [2.05, 4.69) is 24.0 Å². The van der Waals surface area contributed by atoms with Crippen LogP contribution < -0.4 is 0 Å². The fourth-order valence-electron chi connectivity index (χ4n) is 3.94. The predicted molar refractivity (Wildman–Crippen MR) is 116 cm³/mol. The average molecular weight is 480 g/mol. The second kappa shape index (κ2) is 11.0. The van der Waals surface area contributed by atoms with Gasteiger partial charge in [0.15, 0.2) is 0 Å². The molecule has 7 nitrogen and oxygen atoms in total. The van der Waals surface area contributed by atoms with E-state index < -0.39 is 12.1 Å². The van der Waals surface area contributed by atoms with Crippen molar-refractivity contribution in [1.29, 1.82) is 0 Å². The topological polar surface area (TPSA) is 89.0 Å². The first-order chi connectivity index (χ1) is 16.1. The normalized spacial score (nSPS) is 18.7. The van der Waals surface area contributed by atoms with Crippen molar-refractivity contribution in [3.05, 3.63) is 65.5 Å². The van der Waals surface area contributed by atoms with Crippen molar-refractivity contribution in [2.24, 2.45) is 5.92 Å². The number of amides is 1. The fourth-order valence-corrected chi connectivity index (χ4v) is 3.94. The number of aliphatic carboxylic acids is 1. The van der Waals surface area contributed by atoms with Crippen LogP contribution >= 0.6 is 0 Å². The average Bonchev–Trinajstić information content (AvgIpc) is 3.19. The molecule has 0 bridgehead atoms. The van der Waals surface area contributed by atoms with Gasteiger partial charge in [-0.25, -0.2) is 4.79 Å². The minimum atomic E-state index is -5.08. The maximum absolute atomic E-state index is 12.6. The zero-order valence-electron chi connectivity index (χ0n) is 18.8. The molecule has 10 heteroatoms. The highest BCUT2D eigenvalue weighted by molar-refractivity contribution is 5.80. The van der Waals surface area contributed by atoms with Crippen molar-refractivity contribution in [1.82, 2.24) is 9.88 Å². The van der Waals surface area contributed by atoms with Crippen molar-refractivity contribution in [2.45, 2.75) is 38.1 Å². The minimum absolute atomic E-state index is 0.176. The van der Waals surface area contributed by atoms with E-state index in [1.807, 2.05) is 35.4 Å². The van der Waals surface area contributed by atoms with Gasteiger partial charge in [-0.1, -0.05) is 35.9 Å². The molecule has 4 rings (SSSR count). The maximum atomic E-state index is 12.6. The van der Waals surface area contributed by atoms with Crippen molar-refractivity contribution >= 4 is 11.9 Å². The van der Waals surface area contributed by atoms with Crippen LogP contribution in [0.1, 0.15) is 23.1 Å². The van der Waals surface area contributed by atoms with Gasteiger partial charge < -0.3 is 19.5 Å². The summed E-state index contributed by atoms with van der Waals surface area (Å²) < 4.78 is 43.7. The molecule has 34 heavy (non-hydrogen) atoms. The van der Waals surface area contributed by atoms with Crippen LogP contribution in [0.2, 0.25) is 0 Å². The zero-order valence-corrected chi connectivity index (χ0v) is 18.8. The summed E-state index contributed by atoms with van der Waals surface area (Å²) in [6.07, 6.45) is -0.0405. The van der Waals surface area contributed by atoms with Gasteiger partial charge in [-0.15, -0.1) is 0 Å². The molecule has 1 atom stereocenters. The van der Waals surface area contributed by atoms with Gasteiger partial charge in [0.25, 0.3) is 0 Å². The Balaban J connectivity index is 0.000000406. The molecule has 1 aromatic carbocycles. The third-order valence-electron chi connectivity index (χ3n) is 5.90. The number of pyridine rings is 1. The molecule has 2 saturated heterocycles. The fraction of sp³-hybridized carbons (Fsp3) is 0.458. The van der Waals surface area contributed by atoms with Crippen LogP contribution in [-0.4, -0.2) is 64.9 Å². The molecule has 1 amide bonds. The molecular formula is C24H27F3N2O5. The van der Waals surface area contributed by atoms with Gasteiger partial charge >= 0.3 is 12.1 Å². The molecule has 1 spiro atoms. The lowest BCUT2D eigenvalue weighted by Gasteiger charge is -2.50. The molecule has 1 aromatic heterocycles. The first-order valence-corrected chi connectivity index (χ1v) is 10.8. The lowest BCUT2D eigenvalue weighted by atomic mass is 9.81. The molecule has 2 aliphatic rings. The number of ether oxygens (including phenoxy) is 2. The minimum Gasteiger partial charge on any atom is -0.475 e. The van der Waals surface area contributed by atoms with Crippen LogP contribution in [0.15, 0.2) is 48.8 Å².